The third kappa shape index (κ3) is 1.97. The second kappa shape index (κ2) is 4.28. The number of nitrogen functional groups attached to an aromatic ring is 1. The minimum Gasteiger partial charge on any atom is -0.367 e. The maximum atomic E-state index is 13.9. The summed E-state index contributed by atoms with van der Waals surface area (Å²) in [6, 6.07) is 4.55. The molecule has 0 unspecified atom stereocenters. The molecule has 1 aromatic heterocycles. The molecule has 0 aliphatic heterocycles. The van der Waals surface area contributed by atoms with Gasteiger partial charge in [-0.05, 0) is 37.3 Å². The molecule has 0 bridgehead atoms. The number of rotatable bonds is 3. The molecule has 0 amide bonds. The Morgan fingerprint density at radius 3 is 2.83 bits per heavy atom. The second-order valence-corrected chi connectivity index (χ2v) is 5.02. The van der Waals surface area contributed by atoms with Gasteiger partial charge in [0.25, 0.3) is 0 Å². The predicted molar refractivity (Wildman–Crippen MR) is 67.7 cm³/mol. The first-order valence-electron chi connectivity index (χ1n) is 5.85. The number of halogens is 2. The van der Waals surface area contributed by atoms with Gasteiger partial charge in [0.15, 0.2) is 0 Å². The van der Waals surface area contributed by atoms with E-state index in [1.165, 1.54) is 18.9 Å². The Morgan fingerprint density at radius 1 is 1.39 bits per heavy atom. The summed E-state index contributed by atoms with van der Waals surface area (Å²) < 4.78 is 18.9. The van der Waals surface area contributed by atoms with Gasteiger partial charge in [0, 0.05) is 5.56 Å². The molecule has 0 spiro atoms. The van der Waals surface area contributed by atoms with Crippen LogP contribution in [0.2, 0.25) is 5.02 Å². The molecule has 2 N–H and O–H groups in total. The van der Waals surface area contributed by atoms with Gasteiger partial charge in [-0.25, -0.2) is 4.39 Å². The Labute approximate surface area is 109 Å². The fraction of sp³-hybridized carbons (Fsp3) is 0.308. The van der Waals surface area contributed by atoms with Crippen LogP contribution in [0.15, 0.2) is 22.7 Å². The molecule has 18 heavy (non-hydrogen) atoms. The quantitative estimate of drug-likeness (QED) is 0.922. The summed E-state index contributed by atoms with van der Waals surface area (Å²) in [5.74, 6) is 0.325. The predicted octanol–water partition coefficient (Wildman–Crippen LogP) is 3.67. The minimum absolute atomic E-state index is 0.123. The van der Waals surface area contributed by atoms with Crippen molar-refractivity contribution in [1.82, 2.24) is 5.16 Å². The molecule has 94 valence electrons. The average Bonchev–Trinajstić information content (AvgIpc) is 3.07. The summed E-state index contributed by atoms with van der Waals surface area (Å²) in [5, 5.41) is 4.25. The van der Waals surface area contributed by atoms with Crippen molar-refractivity contribution >= 4 is 17.5 Å². The highest BCUT2D eigenvalue weighted by atomic mass is 35.5. The van der Waals surface area contributed by atoms with Crippen LogP contribution in [0.25, 0.3) is 11.1 Å². The monoisotopic (exact) mass is 266 g/mol. The van der Waals surface area contributed by atoms with Crippen LogP contribution < -0.4 is 5.73 Å². The summed E-state index contributed by atoms with van der Waals surface area (Å²) in [5.41, 5.74) is 7.24. The van der Waals surface area contributed by atoms with Crippen LogP contribution in [0.1, 0.15) is 18.5 Å². The van der Waals surface area contributed by atoms with Crippen molar-refractivity contribution < 1.29 is 8.91 Å². The summed E-state index contributed by atoms with van der Waals surface area (Å²) in [6.07, 6.45) is 3.12. The molecule has 3 rings (SSSR count). The number of nitrogens with two attached hydrogens (primary N) is 1. The molecule has 0 atom stereocenters. The van der Waals surface area contributed by atoms with E-state index in [-0.39, 0.29) is 11.4 Å². The van der Waals surface area contributed by atoms with Crippen molar-refractivity contribution in [3.8, 4) is 11.1 Å². The van der Waals surface area contributed by atoms with Crippen LogP contribution in [-0.2, 0) is 6.42 Å². The van der Waals surface area contributed by atoms with Crippen LogP contribution in [0.3, 0.4) is 0 Å². The fourth-order valence-corrected chi connectivity index (χ4v) is 2.33. The number of aromatic nitrogens is 1. The third-order valence-electron chi connectivity index (χ3n) is 3.18. The zero-order chi connectivity index (χ0) is 12.7. The Balaban J connectivity index is 2.12. The Kier molecular flexibility index (Phi) is 2.74. The van der Waals surface area contributed by atoms with Crippen molar-refractivity contribution in [2.24, 2.45) is 5.92 Å². The van der Waals surface area contributed by atoms with Crippen LogP contribution in [0.5, 0.6) is 0 Å². The molecule has 2 aromatic rings. The highest BCUT2D eigenvalue weighted by Crippen LogP contribution is 2.40. The van der Waals surface area contributed by atoms with Crippen LogP contribution >= 0.6 is 11.6 Å². The van der Waals surface area contributed by atoms with E-state index in [4.69, 9.17) is 21.9 Å². The fourth-order valence-electron chi connectivity index (χ4n) is 2.08. The van der Waals surface area contributed by atoms with Gasteiger partial charge in [0.2, 0.25) is 5.88 Å². The molecular formula is C13H12ClFN2O. The molecule has 5 heteroatoms. The lowest BCUT2D eigenvalue weighted by Crippen LogP contribution is -1.95. The van der Waals surface area contributed by atoms with Gasteiger partial charge in [-0.3, -0.25) is 0 Å². The van der Waals surface area contributed by atoms with Crippen molar-refractivity contribution in [3.63, 3.8) is 0 Å². The highest BCUT2D eigenvalue weighted by molar-refractivity contribution is 6.33. The number of anilines is 1. The summed E-state index contributed by atoms with van der Waals surface area (Å²) in [7, 11) is 0. The molecule has 3 nitrogen and oxygen atoms in total. The zero-order valence-corrected chi connectivity index (χ0v) is 10.4. The van der Waals surface area contributed by atoms with E-state index >= 15 is 0 Å². The first-order chi connectivity index (χ1) is 8.66. The van der Waals surface area contributed by atoms with Crippen LogP contribution in [-0.4, -0.2) is 5.16 Å². The Hall–Kier alpha value is -1.55. The molecule has 1 fully saturated rings. The first-order valence-corrected chi connectivity index (χ1v) is 6.23. The standard InChI is InChI=1S/C13H12ClFN2O/c14-8-2-1-3-9(15)11(8)12-10(6-7-4-5-7)17-18-13(12)16/h1-3,7H,4-6,16H2. The van der Waals surface area contributed by atoms with Gasteiger partial charge in [0.1, 0.15) is 5.82 Å². The van der Waals surface area contributed by atoms with Crippen molar-refractivity contribution in [3.05, 3.63) is 34.7 Å². The summed E-state index contributed by atoms with van der Waals surface area (Å²) in [6.45, 7) is 0. The minimum atomic E-state index is -0.408. The van der Waals surface area contributed by atoms with Crippen molar-refractivity contribution in [2.75, 3.05) is 5.73 Å². The number of benzene rings is 1. The van der Waals surface area contributed by atoms with Crippen molar-refractivity contribution in [2.45, 2.75) is 19.3 Å². The molecule has 1 aromatic carbocycles. The van der Waals surface area contributed by atoms with E-state index in [1.54, 1.807) is 12.1 Å². The lowest BCUT2D eigenvalue weighted by molar-refractivity contribution is 0.426. The molecule has 0 saturated heterocycles. The van der Waals surface area contributed by atoms with E-state index in [2.05, 4.69) is 5.16 Å². The summed E-state index contributed by atoms with van der Waals surface area (Å²) in [4.78, 5) is 0. The first kappa shape index (κ1) is 11.5. The van der Waals surface area contributed by atoms with Crippen LogP contribution in [0, 0.1) is 11.7 Å². The highest BCUT2D eigenvalue weighted by Gasteiger charge is 2.28. The zero-order valence-electron chi connectivity index (χ0n) is 9.62. The van der Waals surface area contributed by atoms with Gasteiger partial charge >= 0.3 is 0 Å². The molecule has 1 aliphatic carbocycles. The van der Waals surface area contributed by atoms with E-state index in [0.717, 1.165) is 6.42 Å². The van der Waals surface area contributed by atoms with Gasteiger partial charge < -0.3 is 10.3 Å². The van der Waals surface area contributed by atoms with Gasteiger partial charge in [-0.15, -0.1) is 0 Å². The second-order valence-electron chi connectivity index (χ2n) is 4.61. The molecule has 1 saturated carbocycles. The smallest absolute Gasteiger partial charge is 0.230 e. The molecule has 1 aliphatic rings. The van der Waals surface area contributed by atoms with Crippen molar-refractivity contribution in [1.29, 1.82) is 0 Å². The van der Waals surface area contributed by atoms with E-state index in [1.807, 2.05) is 0 Å². The van der Waals surface area contributed by atoms with Gasteiger partial charge in [0.05, 0.1) is 16.3 Å². The molecule has 0 radical (unpaired) electrons. The molecular weight excluding hydrogens is 255 g/mol. The molecule has 1 heterocycles. The number of nitrogens with zero attached hydrogens (tertiary/aromatic N) is 1. The van der Waals surface area contributed by atoms with Gasteiger partial charge in [-0.1, -0.05) is 22.8 Å². The lowest BCUT2D eigenvalue weighted by Gasteiger charge is -2.06. The maximum Gasteiger partial charge on any atom is 0.230 e. The SMILES string of the molecule is Nc1onc(CC2CC2)c1-c1c(F)cccc1Cl. The largest absolute Gasteiger partial charge is 0.367 e. The average molecular weight is 267 g/mol. The third-order valence-corrected chi connectivity index (χ3v) is 3.50. The normalized spacial score (nSPS) is 15.0. The van der Waals surface area contributed by atoms with E-state index < -0.39 is 5.82 Å². The Bertz CT molecular complexity index is 572. The van der Waals surface area contributed by atoms with E-state index in [0.29, 0.717) is 22.2 Å². The Morgan fingerprint density at radius 2 is 2.17 bits per heavy atom. The van der Waals surface area contributed by atoms with Gasteiger partial charge in [-0.2, -0.15) is 0 Å². The van der Waals surface area contributed by atoms with Crippen LogP contribution in [0.4, 0.5) is 10.3 Å². The lowest BCUT2D eigenvalue weighted by atomic mass is 10.0. The topological polar surface area (TPSA) is 52.0 Å². The summed E-state index contributed by atoms with van der Waals surface area (Å²) >= 11 is 6.05. The van der Waals surface area contributed by atoms with E-state index in [9.17, 15) is 4.39 Å². The maximum absolute atomic E-state index is 13.9. The number of hydrogen-bond donors (Lipinski definition) is 1. The number of hydrogen-bond acceptors (Lipinski definition) is 3.